The molecule has 0 heterocycles. The second-order valence-corrected chi connectivity index (χ2v) is 5.83. The summed E-state index contributed by atoms with van der Waals surface area (Å²) in [6.07, 6.45) is 3.23. The lowest BCUT2D eigenvalue weighted by Gasteiger charge is -2.21. The van der Waals surface area contributed by atoms with E-state index in [0.717, 1.165) is 28.3 Å². The van der Waals surface area contributed by atoms with Crippen molar-refractivity contribution in [1.29, 1.82) is 0 Å². The molecule has 6 nitrogen and oxygen atoms in total. The van der Waals surface area contributed by atoms with Gasteiger partial charge in [-0.15, -0.1) is 0 Å². The predicted octanol–water partition coefficient (Wildman–Crippen LogP) is 3.72. The van der Waals surface area contributed by atoms with Gasteiger partial charge in [0.1, 0.15) is 0 Å². The number of aliphatic carboxylic acids is 1. The molecule has 144 valence electrons. The highest BCUT2D eigenvalue weighted by atomic mass is 16.5. The van der Waals surface area contributed by atoms with E-state index in [1.807, 2.05) is 31.2 Å². The highest BCUT2D eigenvalue weighted by molar-refractivity contribution is 5.85. The largest absolute Gasteiger partial charge is 0.492 e. The van der Waals surface area contributed by atoms with Crippen LogP contribution in [0.25, 0.3) is 6.08 Å². The first kappa shape index (κ1) is 20.2. The first-order chi connectivity index (χ1) is 13.0. The molecule has 2 rings (SSSR count). The van der Waals surface area contributed by atoms with Crippen LogP contribution in [0, 0.1) is 6.92 Å². The van der Waals surface area contributed by atoms with Crippen molar-refractivity contribution in [3.05, 3.63) is 52.6 Å². The highest BCUT2D eigenvalue weighted by Crippen LogP contribution is 2.49. The fraction of sp³-hybridized carbons (Fsp3) is 0.286. The Bertz CT molecular complexity index is 854. The van der Waals surface area contributed by atoms with Gasteiger partial charge in [-0.2, -0.15) is 0 Å². The number of benzene rings is 2. The maximum absolute atomic E-state index is 10.7. The molecule has 0 saturated carbocycles. The van der Waals surface area contributed by atoms with E-state index in [1.54, 1.807) is 34.5 Å². The highest BCUT2D eigenvalue weighted by Gasteiger charge is 2.25. The number of rotatable bonds is 8. The summed E-state index contributed by atoms with van der Waals surface area (Å²) in [5.74, 6) is 1.14. The van der Waals surface area contributed by atoms with Crippen LogP contribution in [-0.2, 0) is 11.2 Å². The molecule has 0 aromatic heterocycles. The van der Waals surface area contributed by atoms with Gasteiger partial charge in [-0.3, -0.25) is 0 Å². The Hall–Kier alpha value is -3.15. The SMILES string of the molecule is COc1c(C)c(Cc2cccc(/C=C/C(=O)O)c2)c(OC)c(OC)c1OC. The molecular weight excluding hydrogens is 348 g/mol. The van der Waals surface area contributed by atoms with Crippen LogP contribution in [0.2, 0.25) is 0 Å². The maximum Gasteiger partial charge on any atom is 0.328 e. The van der Waals surface area contributed by atoms with Gasteiger partial charge >= 0.3 is 5.97 Å². The van der Waals surface area contributed by atoms with Gasteiger partial charge in [0.25, 0.3) is 0 Å². The Labute approximate surface area is 158 Å². The molecule has 27 heavy (non-hydrogen) atoms. The number of methoxy groups -OCH3 is 4. The van der Waals surface area contributed by atoms with Crippen LogP contribution >= 0.6 is 0 Å². The van der Waals surface area contributed by atoms with Gasteiger partial charge in [-0.05, 0) is 24.1 Å². The zero-order valence-electron chi connectivity index (χ0n) is 16.2. The molecule has 0 fully saturated rings. The molecule has 0 unspecified atom stereocenters. The molecule has 0 aliphatic heterocycles. The molecule has 6 heteroatoms. The van der Waals surface area contributed by atoms with E-state index in [-0.39, 0.29) is 0 Å². The molecular formula is C21H24O6. The van der Waals surface area contributed by atoms with Gasteiger partial charge in [0, 0.05) is 23.6 Å². The predicted molar refractivity (Wildman–Crippen MR) is 103 cm³/mol. The maximum atomic E-state index is 10.7. The van der Waals surface area contributed by atoms with Gasteiger partial charge in [-0.1, -0.05) is 24.3 Å². The van der Waals surface area contributed by atoms with Crippen LogP contribution in [0.4, 0.5) is 0 Å². The second-order valence-electron chi connectivity index (χ2n) is 5.83. The molecule has 2 aromatic rings. The minimum atomic E-state index is -0.984. The van der Waals surface area contributed by atoms with Crippen molar-refractivity contribution in [3.63, 3.8) is 0 Å². The molecule has 1 N–H and O–H groups in total. The lowest BCUT2D eigenvalue weighted by molar-refractivity contribution is -0.131. The monoisotopic (exact) mass is 372 g/mol. The summed E-state index contributed by atoms with van der Waals surface area (Å²) in [4.78, 5) is 10.7. The Morgan fingerprint density at radius 2 is 1.56 bits per heavy atom. The summed E-state index contributed by atoms with van der Waals surface area (Å²) < 4.78 is 22.1. The average molecular weight is 372 g/mol. The summed E-state index contributed by atoms with van der Waals surface area (Å²) in [5.41, 5.74) is 3.60. The van der Waals surface area contributed by atoms with Crippen molar-refractivity contribution in [2.45, 2.75) is 13.3 Å². The van der Waals surface area contributed by atoms with Crippen molar-refractivity contribution in [3.8, 4) is 23.0 Å². The number of carboxylic acids is 1. The smallest absolute Gasteiger partial charge is 0.328 e. The quantitative estimate of drug-likeness (QED) is 0.712. The van der Waals surface area contributed by atoms with Gasteiger partial charge in [0.05, 0.1) is 28.4 Å². The summed E-state index contributed by atoms with van der Waals surface area (Å²) in [7, 11) is 6.27. The van der Waals surface area contributed by atoms with Gasteiger partial charge in [-0.25, -0.2) is 4.79 Å². The molecule has 0 aliphatic rings. The van der Waals surface area contributed by atoms with Crippen LogP contribution < -0.4 is 18.9 Å². The van der Waals surface area contributed by atoms with Crippen LogP contribution in [0.5, 0.6) is 23.0 Å². The van der Waals surface area contributed by atoms with E-state index >= 15 is 0 Å². The Morgan fingerprint density at radius 1 is 0.963 bits per heavy atom. The number of carbonyl (C=O) groups is 1. The summed E-state index contributed by atoms with van der Waals surface area (Å²) >= 11 is 0. The fourth-order valence-corrected chi connectivity index (χ4v) is 3.04. The van der Waals surface area contributed by atoms with Crippen LogP contribution in [0.1, 0.15) is 22.3 Å². The first-order valence-electron chi connectivity index (χ1n) is 8.32. The summed E-state index contributed by atoms with van der Waals surface area (Å²) in [6.45, 7) is 1.94. The summed E-state index contributed by atoms with van der Waals surface area (Å²) in [6, 6.07) is 7.64. The van der Waals surface area contributed by atoms with E-state index in [4.69, 9.17) is 24.1 Å². The van der Waals surface area contributed by atoms with Crippen molar-refractivity contribution in [2.75, 3.05) is 28.4 Å². The Balaban J connectivity index is 2.56. The normalized spacial score (nSPS) is 10.7. The van der Waals surface area contributed by atoms with E-state index in [2.05, 4.69) is 0 Å². The van der Waals surface area contributed by atoms with Crippen LogP contribution in [-0.4, -0.2) is 39.5 Å². The molecule has 0 aliphatic carbocycles. The number of hydrogen-bond donors (Lipinski definition) is 1. The minimum Gasteiger partial charge on any atom is -0.492 e. The number of ether oxygens (including phenoxy) is 4. The van der Waals surface area contributed by atoms with Crippen molar-refractivity contribution >= 4 is 12.0 Å². The van der Waals surface area contributed by atoms with Gasteiger partial charge in [0.2, 0.25) is 11.5 Å². The van der Waals surface area contributed by atoms with Crippen molar-refractivity contribution in [1.82, 2.24) is 0 Å². The van der Waals surface area contributed by atoms with Gasteiger partial charge < -0.3 is 24.1 Å². The van der Waals surface area contributed by atoms with E-state index in [9.17, 15) is 4.79 Å². The average Bonchev–Trinajstić information content (AvgIpc) is 2.67. The Morgan fingerprint density at radius 3 is 2.11 bits per heavy atom. The Kier molecular flexibility index (Phi) is 6.71. The standard InChI is InChI=1S/C21H24O6/c1-13-16(12-15-8-6-7-14(11-15)9-10-17(22)23)19(25-3)21(27-5)20(26-4)18(13)24-2/h6-11H,12H2,1-5H3,(H,22,23)/b10-9+. The third-order valence-electron chi connectivity index (χ3n) is 4.25. The van der Waals surface area contributed by atoms with Crippen LogP contribution in [0.3, 0.4) is 0 Å². The first-order valence-corrected chi connectivity index (χ1v) is 8.32. The van der Waals surface area contributed by atoms with Gasteiger partial charge in [0.15, 0.2) is 11.5 Å². The molecule has 0 spiro atoms. The zero-order chi connectivity index (χ0) is 20.0. The lowest BCUT2D eigenvalue weighted by Crippen LogP contribution is -2.05. The van der Waals surface area contributed by atoms with E-state index in [1.165, 1.54) is 0 Å². The van der Waals surface area contributed by atoms with Crippen LogP contribution in [0.15, 0.2) is 30.3 Å². The lowest BCUT2D eigenvalue weighted by atomic mass is 9.96. The number of carboxylic acid groups (broad SMARTS) is 1. The van der Waals surface area contributed by atoms with Crippen molar-refractivity contribution < 1.29 is 28.8 Å². The third kappa shape index (κ3) is 4.34. The molecule has 0 atom stereocenters. The fourth-order valence-electron chi connectivity index (χ4n) is 3.04. The zero-order valence-corrected chi connectivity index (χ0v) is 16.2. The summed E-state index contributed by atoms with van der Waals surface area (Å²) in [5, 5.41) is 8.81. The van der Waals surface area contributed by atoms with E-state index in [0.29, 0.717) is 29.4 Å². The molecule has 0 saturated heterocycles. The number of hydrogen-bond acceptors (Lipinski definition) is 5. The van der Waals surface area contributed by atoms with E-state index < -0.39 is 5.97 Å². The molecule has 2 aromatic carbocycles. The third-order valence-corrected chi connectivity index (χ3v) is 4.25. The molecule has 0 amide bonds. The minimum absolute atomic E-state index is 0.472. The van der Waals surface area contributed by atoms with Crippen molar-refractivity contribution in [2.24, 2.45) is 0 Å². The molecule has 0 bridgehead atoms. The molecule has 0 radical (unpaired) electrons. The topological polar surface area (TPSA) is 74.2 Å². The second kappa shape index (κ2) is 8.98.